The van der Waals surface area contributed by atoms with E-state index in [1.165, 1.54) is 0 Å². The van der Waals surface area contributed by atoms with Crippen LogP contribution in [0.15, 0.2) is 54.9 Å². The molecule has 0 aliphatic heterocycles. The van der Waals surface area contributed by atoms with Gasteiger partial charge in [0.1, 0.15) is 5.65 Å². The van der Waals surface area contributed by atoms with E-state index >= 15 is 0 Å². The lowest BCUT2D eigenvalue weighted by atomic mass is 10.0. The standard InChI is InChI=1S/C14H10N2O/c17-13(10-5-2-1-3-6-10)12-9-16-14-11(12)7-4-8-15-14/h1-9H,(H,15,16). The zero-order valence-electron chi connectivity index (χ0n) is 9.05. The van der Waals surface area contributed by atoms with Crippen LogP contribution in [0, 0.1) is 0 Å². The quantitative estimate of drug-likeness (QED) is 0.677. The minimum Gasteiger partial charge on any atom is -0.345 e. The highest BCUT2D eigenvalue weighted by atomic mass is 16.1. The largest absolute Gasteiger partial charge is 0.345 e. The normalized spacial score (nSPS) is 10.6. The van der Waals surface area contributed by atoms with Crippen LogP contribution in [0.4, 0.5) is 0 Å². The van der Waals surface area contributed by atoms with Gasteiger partial charge in [-0.3, -0.25) is 4.79 Å². The van der Waals surface area contributed by atoms with E-state index in [9.17, 15) is 4.79 Å². The second kappa shape index (κ2) is 3.87. The van der Waals surface area contributed by atoms with Gasteiger partial charge in [0.2, 0.25) is 0 Å². The van der Waals surface area contributed by atoms with Gasteiger partial charge in [-0.15, -0.1) is 0 Å². The van der Waals surface area contributed by atoms with Crippen LogP contribution in [0.3, 0.4) is 0 Å². The zero-order chi connectivity index (χ0) is 11.7. The third-order valence-corrected chi connectivity index (χ3v) is 2.73. The number of carbonyl (C=O) groups is 1. The molecule has 0 atom stereocenters. The molecular formula is C14H10N2O. The first-order chi connectivity index (χ1) is 8.36. The number of fused-ring (bicyclic) bond motifs is 1. The van der Waals surface area contributed by atoms with Crippen molar-refractivity contribution in [2.45, 2.75) is 0 Å². The number of hydrogen-bond acceptors (Lipinski definition) is 2. The molecular weight excluding hydrogens is 212 g/mol. The van der Waals surface area contributed by atoms with E-state index in [0.29, 0.717) is 11.1 Å². The van der Waals surface area contributed by atoms with Crippen molar-refractivity contribution in [1.29, 1.82) is 0 Å². The van der Waals surface area contributed by atoms with Crippen molar-refractivity contribution in [3.63, 3.8) is 0 Å². The molecule has 0 spiro atoms. The smallest absolute Gasteiger partial charge is 0.195 e. The first-order valence-electron chi connectivity index (χ1n) is 5.38. The minimum absolute atomic E-state index is 0.0184. The molecule has 2 heterocycles. The molecule has 0 radical (unpaired) electrons. The Labute approximate surface area is 98.1 Å². The summed E-state index contributed by atoms with van der Waals surface area (Å²) in [5.74, 6) is 0.0184. The van der Waals surface area contributed by atoms with Crippen LogP contribution < -0.4 is 0 Å². The Bertz CT molecular complexity index is 671. The van der Waals surface area contributed by atoms with Crippen molar-refractivity contribution in [3.05, 3.63) is 66.0 Å². The lowest BCUT2D eigenvalue weighted by Gasteiger charge is -1.98. The molecule has 0 aliphatic rings. The fourth-order valence-corrected chi connectivity index (χ4v) is 1.89. The monoisotopic (exact) mass is 222 g/mol. The maximum Gasteiger partial charge on any atom is 0.195 e. The average Bonchev–Trinajstić information content (AvgIpc) is 2.83. The number of hydrogen-bond donors (Lipinski definition) is 1. The number of pyridine rings is 1. The van der Waals surface area contributed by atoms with Crippen LogP contribution in [0.5, 0.6) is 0 Å². The van der Waals surface area contributed by atoms with Crippen molar-refractivity contribution in [1.82, 2.24) is 9.97 Å². The van der Waals surface area contributed by atoms with Crippen LogP contribution in [0.2, 0.25) is 0 Å². The maximum absolute atomic E-state index is 12.3. The molecule has 0 saturated carbocycles. The number of nitrogens with one attached hydrogen (secondary N) is 1. The first-order valence-corrected chi connectivity index (χ1v) is 5.38. The molecule has 3 heteroatoms. The van der Waals surface area contributed by atoms with Crippen LogP contribution in [-0.4, -0.2) is 15.8 Å². The van der Waals surface area contributed by atoms with E-state index in [2.05, 4.69) is 9.97 Å². The fourth-order valence-electron chi connectivity index (χ4n) is 1.89. The molecule has 0 aliphatic carbocycles. The number of rotatable bonds is 2. The van der Waals surface area contributed by atoms with Crippen molar-refractivity contribution >= 4 is 16.8 Å². The van der Waals surface area contributed by atoms with Gasteiger partial charge in [-0.05, 0) is 12.1 Å². The molecule has 0 bridgehead atoms. The Morgan fingerprint density at radius 1 is 1.06 bits per heavy atom. The fraction of sp³-hybridized carbons (Fsp3) is 0. The second-order valence-electron chi connectivity index (χ2n) is 3.80. The van der Waals surface area contributed by atoms with Gasteiger partial charge in [0, 0.05) is 28.9 Å². The van der Waals surface area contributed by atoms with Crippen molar-refractivity contribution in [3.8, 4) is 0 Å². The van der Waals surface area contributed by atoms with Gasteiger partial charge in [0.25, 0.3) is 0 Å². The van der Waals surface area contributed by atoms with Gasteiger partial charge in [-0.1, -0.05) is 30.3 Å². The Morgan fingerprint density at radius 3 is 2.71 bits per heavy atom. The first kappa shape index (κ1) is 9.78. The summed E-state index contributed by atoms with van der Waals surface area (Å²) in [6.07, 6.45) is 3.42. The predicted molar refractivity (Wildman–Crippen MR) is 66.0 cm³/mol. The maximum atomic E-state index is 12.3. The summed E-state index contributed by atoms with van der Waals surface area (Å²) in [6, 6.07) is 13.0. The van der Waals surface area contributed by atoms with Gasteiger partial charge in [0.05, 0.1) is 0 Å². The highest BCUT2D eigenvalue weighted by molar-refractivity contribution is 6.15. The molecule has 17 heavy (non-hydrogen) atoms. The highest BCUT2D eigenvalue weighted by Crippen LogP contribution is 2.19. The molecule has 0 amide bonds. The van der Waals surface area contributed by atoms with Gasteiger partial charge < -0.3 is 4.98 Å². The van der Waals surface area contributed by atoms with Crippen molar-refractivity contribution in [2.75, 3.05) is 0 Å². The van der Waals surface area contributed by atoms with Crippen LogP contribution >= 0.6 is 0 Å². The third kappa shape index (κ3) is 1.61. The van der Waals surface area contributed by atoms with Gasteiger partial charge in [-0.2, -0.15) is 0 Å². The molecule has 0 unspecified atom stereocenters. The van der Waals surface area contributed by atoms with Crippen molar-refractivity contribution in [2.24, 2.45) is 0 Å². The van der Waals surface area contributed by atoms with E-state index in [4.69, 9.17) is 0 Å². The summed E-state index contributed by atoms with van der Waals surface area (Å²) >= 11 is 0. The molecule has 3 nitrogen and oxygen atoms in total. The summed E-state index contributed by atoms with van der Waals surface area (Å²) in [5.41, 5.74) is 2.10. The molecule has 82 valence electrons. The van der Waals surface area contributed by atoms with Gasteiger partial charge in [-0.25, -0.2) is 4.98 Å². The van der Waals surface area contributed by atoms with Crippen LogP contribution in [-0.2, 0) is 0 Å². The summed E-state index contributed by atoms with van der Waals surface area (Å²) in [6.45, 7) is 0. The highest BCUT2D eigenvalue weighted by Gasteiger charge is 2.13. The summed E-state index contributed by atoms with van der Waals surface area (Å²) in [7, 11) is 0. The topological polar surface area (TPSA) is 45.8 Å². The average molecular weight is 222 g/mol. The number of aromatic nitrogens is 2. The predicted octanol–water partition coefficient (Wildman–Crippen LogP) is 2.79. The Balaban J connectivity index is 2.14. The van der Waals surface area contributed by atoms with E-state index in [1.54, 1.807) is 12.4 Å². The summed E-state index contributed by atoms with van der Waals surface area (Å²) in [4.78, 5) is 19.5. The van der Waals surface area contributed by atoms with Crippen LogP contribution in [0.25, 0.3) is 11.0 Å². The van der Waals surface area contributed by atoms with E-state index in [-0.39, 0.29) is 5.78 Å². The molecule has 0 fully saturated rings. The molecule has 3 aromatic rings. The molecule has 3 rings (SSSR count). The Kier molecular flexibility index (Phi) is 2.22. The Hall–Kier alpha value is -2.42. The van der Waals surface area contributed by atoms with Crippen molar-refractivity contribution < 1.29 is 4.79 Å². The van der Waals surface area contributed by atoms with Crippen LogP contribution in [0.1, 0.15) is 15.9 Å². The number of benzene rings is 1. The lowest BCUT2D eigenvalue weighted by molar-refractivity contribution is 0.104. The number of aromatic amines is 1. The van der Waals surface area contributed by atoms with Gasteiger partial charge >= 0.3 is 0 Å². The number of H-pyrrole nitrogens is 1. The number of carbonyl (C=O) groups excluding carboxylic acids is 1. The third-order valence-electron chi connectivity index (χ3n) is 2.73. The molecule has 2 aromatic heterocycles. The van der Waals surface area contributed by atoms with E-state index in [1.807, 2.05) is 42.5 Å². The van der Waals surface area contributed by atoms with E-state index < -0.39 is 0 Å². The number of ketones is 1. The molecule has 0 saturated heterocycles. The SMILES string of the molecule is O=C(c1ccccc1)c1c[nH]c2ncccc12. The van der Waals surface area contributed by atoms with E-state index in [0.717, 1.165) is 11.0 Å². The number of nitrogens with zero attached hydrogens (tertiary/aromatic N) is 1. The second-order valence-corrected chi connectivity index (χ2v) is 3.80. The zero-order valence-corrected chi connectivity index (χ0v) is 9.05. The lowest BCUT2D eigenvalue weighted by Crippen LogP contribution is -1.99. The molecule has 1 N–H and O–H groups in total. The molecule has 1 aromatic carbocycles. The summed E-state index contributed by atoms with van der Waals surface area (Å²) < 4.78 is 0. The van der Waals surface area contributed by atoms with Gasteiger partial charge in [0.15, 0.2) is 5.78 Å². The summed E-state index contributed by atoms with van der Waals surface area (Å²) in [5, 5.41) is 0.862. The Morgan fingerprint density at radius 2 is 1.88 bits per heavy atom. The minimum atomic E-state index is 0.0184.